The summed E-state index contributed by atoms with van der Waals surface area (Å²) in [6.07, 6.45) is 1.38. The molecule has 1 rings (SSSR count). The minimum absolute atomic E-state index is 0.395. The van der Waals surface area contributed by atoms with Gasteiger partial charge in [0.1, 0.15) is 4.60 Å². The lowest BCUT2D eigenvalue weighted by Gasteiger charge is -1.92. The maximum atomic E-state index is 5.60. The van der Waals surface area contributed by atoms with E-state index in [1.54, 1.807) is 0 Å². The van der Waals surface area contributed by atoms with Crippen LogP contribution in [0.1, 0.15) is 0 Å². The molecule has 0 radical (unpaired) electrons. The Morgan fingerprint density at radius 3 is 2.56 bits per heavy atom. The summed E-state index contributed by atoms with van der Waals surface area (Å²) < 4.78 is 0.469. The predicted molar refractivity (Wildman–Crippen MR) is 39.8 cm³/mol. The van der Waals surface area contributed by atoms with Crippen LogP contribution in [0.15, 0.2) is 10.8 Å². The van der Waals surface area contributed by atoms with E-state index >= 15 is 0 Å². The maximum absolute atomic E-state index is 5.60. The quantitative estimate of drug-likeness (QED) is 0.681. The van der Waals surface area contributed by atoms with Gasteiger partial charge in [-0.05, 0) is 15.9 Å². The zero-order valence-corrected chi connectivity index (χ0v) is 7.20. The molecule has 0 unspecified atom stereocenters. The Bertz CT molecular complexity index is 208. The van der Waals surface area contributed by atoms with Gasteiger partial charge in [-0.2, -0.15) is 5.10 Å². The third-order valence-electron chi connectivity index (χ3n) is 0.707. The summed E-state index contributed by atoms with van der Waals surface area (Å²) in [7, 11) is 0. The monoisotopic (exact) mass is 226 g/mol. The van der Waals surface area contributed by atoms with Crippen LogP contribution in [0.2, 0.25) is 10.0 Å². The van der Waals surface area contributed by atoms with Gasteiger partial charge in [0, 0.05) is 0 Å². The Labute approximate surface area is 70.3 Å². The van der Waals surface area contributed by atoms with Crippen molar-refractivity contribution in [2.75, 3.05) is 0 Å². The fourth-order valence-corrected chi connectivity index (χ4v) is 0.968. The fraction of sp³-hybridized carbons (Fsp3) is 0. The zero-order valence-electron chi connectivity index (χ0n) is 4.11. The van der Waals surface area contributed by atoms with Gasteiger partial charge < -0.3 is 0 Å². The van der Waals surface area contributed by atoms with Crippen LogP contribution < -0.4 is 0 Å². The molecular weight excluding hydrogens is 227 g/mol. The first-order valence-corrected chi connectivity index (χ1v) is 3.59. The lowest BCUT2D eigenvalue weighted by molar-refractivity contribution is 1.01. The molecule has 0 fully saturated rings. The lowest BCUT2D eigenvalue weighted by atomic mass is 10.6. The van der Waals surface area contributed by atoms with E-state index in [-0.39, 0.29) is 0 Å². The molecule has 9 heavy (non-hydrogen) atoms. The lowest BCUT2D eigenvalue weighted by Crippen LogP contribution is -1.81. The van der Waals surface area contributed by atoms with E-state index in [9.17, 15) is 0 Å². The van der Waals surface area contributed by atoms with Crippen LogP contribution in [0.25, 0.3) is 0 Å². The van der Waals surface area contributed by atoms with E-state index < -0.39 is 0 Å². The summed E-state index contributed by atoms with van der Waals surface area (Å²) in [5, 5.41) is 7.92. The first-order chi connectivity index (χ1) is 4.22. The standard InChI is InChI=1S/C4HBrCl2N2/c5-4-3(7)2(6)1-8-9-4/h1H. The summed E-state index contributed by atoms with van der Waals surface area (Å²) in [5.41, 5.74) is 0. The van der Waals surface area contributed by atoms with E-state index in [0.29, 0.717) is 14.6 Å². The van der Waals surface area contributed by atoms with Crippen LogP contribution in [0.5, 0.6) is 0 Å². The molecule has 48 valence electrons. The van der Waals surface area contributed by atoms with Crippen molar-refractivity contribution in [2.45, 2.75) is 0 Å². The first kappa shape index (κ1) is 7.25. The van der Waals surface area contributed by atoms with Gasteiger partial charge in [-0.3, -0.25) is 0 Å². The Hall–Kier alpha value is 0.140. The molecule has 0 amide bonds. The number of nitrogens with zero attached hydrogens (tertiary/aromatic N) is 2. The Morgan fingerprint density at radius 1 is 1.44 bits per heavy atom. The topological polar surface area (TPSA) is 25.8 Å². The highest BCUT2D eigenvalue weighted by molar-refractivity contribution is 9.10. The largest absolute Gasteiger partial charge is 0.156 e. The van der Waals surface area contributed by atoms with Gasteiger partial charge in [-0.1, -0.05) is 23.2 Å². The van der Waals surface area contributed by atoms with Gasteiger partial charge in [-0.15, -0.1) is 5.10 Å². The van der Waals surface area contributed by atoms with Crippen molar-refractivity contribution >= 4 is 39.1 Å². The molecular formula is C4HBrCl2N2. The van der Waals surface area contributed by atoms with Gasteiger partial charge in [0.25, 0.3) is 0 Å². The molecule has 0 bridgehead atoms. The van der Waals surface area contributed by atoms with Crippen LogP contribution in [-0.2, 0) is 0 Å². The molecule has 5 heteroatoms. The molecule has 0 N–H and O–H groups in total. The van der Waals surface area contributed by atoms with Gasteiger partial charge in [0.15, 0.2) is 0 Å². The SMILES string of the molecule is Clc1cnnc(Br)c1Cl. The molecule has 0 saturated heterocycles. The molecule has 1 aromatic rings. The highest BCUT2D eigenvalue weighted by Gasteiger charge is 2.01. The molecule has 0 spiro atoms. The van der Waals surface area contributed by atoms with Crippen molar-refractivity contribution in [3.63, 3.8) is 0 Å². The molecule has 0 aliphatic carbocycles. The number of hydrogen-bond donors (Lipinski definition) is 0. The van der Waals surface area contributed by atoms with Crippen LogP contribution in [-0.4, -0.2) is 10.2 Å². The summed E-state index contributed by atoms with van der Waals surface area (Å²) in [4.78, 5) is 0. The van der Waals surface area contributed by atoms with Crippen LogP contribution in [0.4, 0.5) is 0 Å². The Kier molecular flexibility index (Phi) is 2.27. The number of halogens is 3. The Balaban J connectivity index is 3.25. The second-order valence-electron chi connectivity index (χ2n) is 1.30. The molecule has 0 aliphatic heterocycles. The van der Waals surface area contributed by atoms with Crippen molar-refractivity contribution in [2.24, 2.45) is 0 Å². The molecule has 2 nitrogen and oxygen atoms in total. The minimum Gasteiger partial charge on any atom is -0.156 e. The molecule has 0 aromatic carbocycles. The summed E-state index contributed by atoms with van der Waals surface area (Å²) in [6.45, 7) is 0. The molecule has 0 saturated carbocycles. The number of hydrogen-bond acceptors (Lipinski definition) is 2. The average Bonchev–Trinajstić information content (AvgIpc) is 1.83. The second-order valence-corrected chi connectivity index (χ2v) is 2.83. The Morgan fingerprint density at radius 2 is 2.11 bits per heavy atom. The third kappa shape index (κ3) is 1.53. The van der Waals surface area contributed by atoms with Crippen LogP contribution in [0.3, 0.4) is 0 Å². The zero-order chi connectivity index (χ0) is 6.85. The van der Waals surface area contributed by atoms with Crippen LogP contribution in [0, 0.1) is 0 Å². The highest BCUT2D eigenvalue weighted by atomic mass is 79.9. The van der Waals surface area contributed by atoms with Crippen molar-refractivity contribution in [3.8, 4) is 0 Å². The fourth-order valence-electron chi connectivity index (χ4n) is 0.329. The summed E-state index contributed by atoms with van der Waals surface area (Å²) >= 11 is 14.2. The smallest absolute Gasteiger partial charge is 0.148 e. The predicted octanol–water partition coefficient (Wildman–Crippen LogP) is 2.55. The molecule has 0 atom stereocenters. The van der Waals surface area contributed by atoms with Gasteiger partial charge in [0.05, 0.1) is 16.2 Å². The van der Waals surface area contributed by atoms with Crippen molar-refractivity contribution in [1.82, 2.24) is 10.2 Å². The third-order valence-corrected chi connectivity index (χ3v) is 2.26. The molecule has 0 aliphatic rings. The summed E-state index contributed by atoms with van der Waals surface area (Å²) in [5.74, 6) is 0. The first-order valence-electron chi connectivity index (χ1n) is 2.04. The van der Waals surface area contributed by atoms with Crippen LogP contribution >= 0.6 is 39.1 Å². The summed E-state index contributed by atoms with van der Waals surface area (Å²) in [6, 6.07) is 0. The molecule has 1 heterocycles. The number of rotatable bonds is 0. The van der Waals surface area contributed by atoms with E-state index in [2.05, 4.69) is 26.1 Å². The maximum Gasteiger partial charge on any atom is 0.148 e. The van der Waals surface area contributed by atoms with E-state index in [4.69, 9.17) is 23.2 Å². The van der Waals surface area contributed by atoms with E-state index in [1.807, 2.05) is 0 Å². The normalized spacial score (nSPS) is 9.67. The molecule has 1 aromatic heterocycles. The van der Waals surface area contributed by atoms with E-state index in [0.717, 1.165) is 0 Å². The minimum atomic E-state index is 0.395. The van der Waals surface area contributed by atoms with Gasteiger partial charge in [0.2, 0.25) is 0 Å². The van der Waals surface area contributed by atoms with Crippen molar-refractivity contribution < 1.29 is 0 Å². The van der Waals surface area contributed by atoms with Gasteiger partial charge >= 0.3 is 0 Å². The van der Waals surface area contributed by atoms with E-state index in [1.165, 1.54) is 6.20 Å². The average molecular weight is 228 g/mol. The number of aromatic nitrogens is 2. The highest BCUT2D eigenvalue weighted by Crippen LogP contribution is 2.25. The van der Waals surface area contributed by atoms with Crippen molar-refractivity contribution in [3.05, 3.63) is 20.8 Å². The van der Waals surface area contributed by atoms with Crippen molar-refractivity contribution in [1.29, 1.82) is 0 Å². The second kappa shape index (κ2) is 2.82. The van der Waals surface area contributed by atoms with Gasteiger partial charge in [-0.25, -0.2) is 0 Å².